The number of aliphatic hydroxyl groups is 1. The maximum absolute atomic E-state index is 11.6. The molecule has 7 heteroatoms. The number of β-amino-alcohol motifs (C(OH)–C–C–N with tert-alkyl or cyclic N) is 1. The van der Waals surface area contributed by atoms with E-state index in [0.29, 0.717) is 19.6 Å². The molecule has 0 aliphatic carbocycles. The highest BCUT2D eigenvalue weighted by molar-refractivity contribution is 6.01. The number of piperazine rings is 1. The van der Waals surface area contributed by atoms with Crippen molar-refractivity contribution in [2.24, 2.45) is 0 Å². The Morgan fingerprint density at radius 3 is 2.29 bits per heavy atom. The average molecular weight is 332 g/mol. The molecule has 2 aliphatic rings. The van der Waals surface area contributed by atoms with Gasteiger partial charge in [-0.3, -0.25) is 19.5 Å². The van der Waals surface area contributed by atoms with Crippen molar-refractivity contribution >= 4 is 11.9 Å². The van der Waals surface area contributed by atoms with Crippen molar-refractivity contribution in [2.45, 2.75) is 6.10 Å². The van der Waals surface area contributed by atoms with Gasteiger partial charge in [0.05, 0.1) is 12.6 Å². The molecule has 0 aromatic heterocycles. The highest BCUT2D eigenvalue weighted by Crippen LogP contribution is 2.15. The summed E-state index contributed by atoms with van der Waals surface area (Å²) in [6.45, 7) is 5.41. The van der Waals surface area contributed by atoms with Crippen LogP contribution in [0.3, 0.4) is 0 Å². The highest BCUT2D eigenvalue weighted by Gasteiger charge is 2.29. The molecule has 1 aromatic rings. The molecule has 2 heterocycles. The number of hydrogen-bond acceptors (Lipinski definition) is 5. The standard InChI is InChI=1S/C17H24N4O3/c22-15(14-4-2-1-3-5-14)13-20-8-6-19(7-9-20)10-11-21-16(23)12-18-17(21)24/h1-5,15,22H,6-13H2,(H,18,24)/t15-/m0/s1. The Morgan fingerprint density at radius 1 is 1.00 bits per heavy atom. The molecule has 2 saturated heterocycles. The summed E-state index contributed by atoms with van der Waals surface area (Å²) in [6, 6.07) is 9.42. The van der Waals surface area contributed by atoms with E-state index < -0.39 is 6.10 Å². The lowest BCUT2D eigenvalue weighted by Crippen LogP contribution is -2.49. The van der Waals surface area contributed by atoms with Gasteiger partial charge in [-0.05, 0) is 5.56 Å². The van der Waals surface area contributed by atoms with Gasteiger partial charge in [0.1, 0.15) is 0 Å². The Balaban J connectivity index is 1.39. The second-order valence-corrected chi connectivity index (χ2v) is 6.27. The number of hydrogen-bond donors (Lipinski definition) is 2. The van der Waals surface area contributed by atoms with Crippen LogP contribution in [0.15, 0.2) is 30.3 Å². The van der Waals surface area contributed by atoms with Crippen LogP contribution in [0.5, 0.6) is 0 Å². The molecule has 1 atom stereocenters. The van der Waals surface area contributed by atoms with E-state index in [1.165, 1.54) is 4.90 Å². The van der Waals surface area contributed by atoms with Gasteiger partial charge in [-0.1, -0.05) is 30.3 Å². The maximum Gasteiger partial charge on any atom is 0.324 e. The maximum atomic E-state index is 11.6. The van der Waals surface area contributed by atoms with Crippen molar-refractivity contribution in [3.8, 4) is 0 Å². The molecule has 3 amide bonds. The minimum Gasteiger partial charge on any atom is -0.387 e. The Morgan fingerprint density at radius 2 is 1.67 bits per heavy atom. The van der Waals surface area contributed by atoms with Crippen molar-refractivity contribution in [1.29, 1.82) is 0 Å². The zero-order chi connectivity index (χ0) is 16.9. The molecule has 7 nitrogen and oxygen atoms in total. The molecular formula is C17H24N4O3. The van der Waals surface area contributed by atoms with E-state index in [2.05, 4.69) is 15.1 Å². The van der Waals surface area contributed by atoms with Gasteiger partial charge in [0.15, 0.2) is 0 Å². The zero-order valence-electron chi connectivity index (χ0n) is 13.7. The third kappa shape index (κ3) is 4.11. The minimum atomic E-state index is -0.469. The summed E-state index contributed by atoms with van der Waals surface area (Å²) in [4.78, 5) is 28.8. The van der Waals surface area contributed by atoms with Crippen molar-refractivity contribution in [2.75, 3.05) is 52.4 Å². The van der Waals surface area contributed by atoms with Crippen LogP contribution in [0.2, 0.25) is 0 Å². The van der Waals surface area contributed by atoms with Crippen LogP contribution in [0, 0.1) is 0 Å². The number of aliphatic hydroxyl groups excluding tert-OH is 1. The summed E-state index contributed by atoms with van der Waals surface area (Å²) < 4.78 is 0. The number of benzene rings is 1. The van der Waals surface area contributed by atoms with E-state index in [1.54, 1.807) is 0 Å². The van der Waals surface area contributed by atoms with E-state index >= 15 is 0 Å². The predicted octanol–water partition coefficient (Wildman–Crippen LogP) is -0.111. The second-order valence-electron chi connectivity index (χ2n) is 6.27. The summed E-state index contributed by atoms with van der Waals surface area (Å²) in [5.74, 6) is -0.149. The smallest absolute Gasteiger partial charge is 0.324 e. The van der Waals surface area contributed by atoms with Gasteiger partial charge < -0.3 is 10.4 Å². The Bertz CT molecular complexity index is 556. The van der Waals surface area contributed by atoms with Crippen molar-refractivity contribution in [1.82, 2.24) is 20.0 Å². The second kappa shape index (κ2) is 7.74. The molecule has 2 N–H and O–H groups in total. The lowest BCUT2D eigenvalue weighted by atomic mass is 10.1. The fourth-order valence-corrected chi connectivity index (χ4v) is 3.14. The summed E-state index contributed by atoms with van der Waals surface area (Å²) in [5, 5.41) is 12.8. The predicted molar refractivity (Wildman–Crippen MR) is 89.4 cm³/mol. The third-order valence-corrected chi connectivity index (χ3v) is 4.66. The molecule has 0 saturated carbocycles. The molecule has 0 bridgehead atoms. The molecule has 0 spiro atoms. The van der Waals surface area contributed by atoms with Crippen LogP contribution in [-0.4, -0.2) is 84.1 Å². The fraction of sp³-hybridized carbons (Fsp3) is 0.529. The first-order valence-corrected chi connectivity index (χ1v) is 8.39. The van der Waals surface area contributed by atoms with Gasteiger partial charge in [0.2, 0.25) is 5.91 Å². The van der Waals surface area contributed by atoms with Crippen LogP contribution in [0.1, 0.15) is 11.7 Å². The Kier molecular flexibility index (Phi) is 5.44. The fourth-order valence-electron chi connectivity index (χ4n) is 3.14. The summed E-state index contributed by atoms with van der Waals surface area (Å²) in [6.07, 6.45) is -0.469. The van der Waals surface area contributed by atoms with Crippen LogP contribution >= 0.6 is 0 Å². The molecule has 3 rings (SSSR count). The minimum absolute atomic E-state index is 0.115. The average Bonchev–Trinajstić information content (AvgIpc) is 2.93. The lowest BCUT2D eigenvalue weighted by Gasteiger charge is -2.36. The van der Waals surface area contributed by atoms with Gasteiger partial charge in [0, 0.05) is 45.8 Å². The van der Waals surface area contributed by atoms with Crippen molar-refractivity contribution in [3.05, 3.63) is 35.9 Å². The first kappa shape index (κ1) is 16.9. The van der Waals surface area contributed by atoms with Gasteiger partial charge in [-0.2, -0.15) is 0 Å². The molecular weight excluding hydrogens is 308 g/mol. The van der Waals surface area contributed by atoms with Gasteiger partial charge >= 0.3 is 6.03 Å². The van der Waals surface area contributed by atoms with Crippen LogP contribution in [0.4, 0.5) is 4.79 Å². The molecule has 24 heavy (non-hydrogen) atoms. The summed E-state index contributed by atoms with van der Waals surface area (Å²) in [5.41, 5.74) is 0.943. The summed E-state index contributed by atoms with van der Waals surface area (Å²) >= 11 is 0. The quantitative estimate of drug-likeness (QED) is 0.711. The van der Waals surface area contributed by atoms with E-state index in [9.17, 15) is 14.7 Å². The van der Waals surface area contributed by atoms with Crippen LogP contribution in [0.25, 0.3) is 0 Å². The number of nitrogens with zero attached hydrogens (tertiary/aromatic N) is 3. The molecule has 0 radical (unpaired) electrons. The normalized spacial score (nSPS) is 21.1. The van der Waals surface area contributed by atoms with Crippen molar-refractivity contribution < 1.29 is 14.7 Å². The zero-order valence-corrected chi connectivity index (χ0v) is 13.7. The number of carbonyl (C=O) groups is 2. The molecule has 0 unspecified atom stereocenters. The van der Waals surface area contributed by atoms with Gasteiger partial charge in [-0.25, -0.2) is 4.79 Å². The summed E-state index contributed by atoms with van der Waals surface area (Å²) in [7, 11) is 0. The first-order valence-electron chi connectivity index (χ1n) is 8.39. The number of imide groups is 1. The van der Waals surface area contributed by atoms with E-state index in [4.69, 9.17) is 0 Å². The SMILES string of the molecule is O=C1CNC(=O)N1CCN1CCN(C[C@H](O)c2ccccc2)CC1. The Labute approximate surface area is 141 Å². The van der Waals surface area contributed by atoms with Gasteiger partial charge in [0.25, 0.3) is 0 Å². The third-order valence-electron chi connectivity index (χ3n) is 4.66. The highest BCUT2D eigenvalue weighted by atomic mass is 16.3. The topological polar surface area (TPSA) is 76.1 Å². The van der Waals surface area contributed by atoms with E-state index in [0.717, 1.165) is 31.7 Å². The number of nitrogens with one attached hydrogen (secondary N) is 1. The van der Waals surface area contributed by atoms with Crippen LogP contribution < -0.4 is 5.32 Å². The number of carbonyl (C=O) groups excluding carboxylic acids is 2. The largest absolute Gasteiger partial charge is 0.387 e. The monoisotopic (exact) mass is 332 g/mol. The first-order chi connectivity index (χ1) is 11.6. The van der Waals surface area contributed by atoms with Gasteiger partial charge in [-0.15, -0.1) is 0 Å². The van der Waals surface area contributed by atoms with E-state index in [1.807, 2.05) is 30.3 Å². The molecule has 2 fully saturated rings. The van der Waals surface area contributed by atoms with Crippen molar-refractivity contribution in [3.63, 3.8) is 0 Å². The van der Waals surface area contributed by atoms with Crippen LogP contribution in [-0.2, 0) is 4.79 Å². The Hall–Kier alpha value is -1.96. The number of urea groups is 1. The number of amides is 3. The molecule has 130 valence electrons. The molecule has 2 aliphatic heterocycles. The lowest BCUT2D eigenvalue weighted by molar-refractivity contribution is -0.125. The number of rotatable bonds is 6. The molecule has 1 aromatic carbocycles. The van der Waals surface area contributed by atoms with E-state index in [-0.39, 0.29) is 18.5 Å².